The van der Waals surface area contributed by atoms with E-state index in [-0.39, 0.29) is 16.9 Å². The number of phenolic OH excluding ortho intramolecular Hbond substituents is 1. The Morgan fingerprint density at radius 1 is 1.42 bits per heavy atom. The SMILES string of the molecule is C=CCc1cc(/C=C2\SC(=O)N(C)C2=O)ccc1O. The van der Waals surface area contributed by atoms with Crippen LogP contribution in [0.4, 0.5) is 4.79 Å². The molecule has 2 rings (SSSR count). The maximum Gasteiger partial charge on any atom is 0.293 e. The quantitative estimate of drug-likeness (QED) is 0.680. The molecule has 0 aliphatic carbocycles. The number of carbonyl (C=O) groups excluding carboxylic acids is 2. The number of hydrogen-bond acceptors (Lipinski definition) is 4. The second kappa shape index (κ2) is 5.32. The van der Waals surface area contributed by atoms with Gasteiger partial charge in [0.15, 0.2) is 0 Å². The van der Waals surface area contributed by atoms with Gasteiger partial charge in [0, 0.05) is 7.05 Å². The summed E-state index contributed by atoms with van der Waals surface area (Å²) >= 11 is 0.916. The van der Waals surface area contributed by atoms with Gasteiger partial charge in [0.25, 0.3) is 11.1 Å². The molecule has 5 heteroatoms. The zero-order valence-corrected chi connectivity index (χ0v) is 11.2. The summed E-state index contributed by atoms with van der Waals surface area (Å²) in [6, 6.07) is 5.05. The summed E-state index contributed by atoms with van der Waals surface area (Å²) in [6.07, 6.45) is 3.89. The van der Waals surface area contributed by atoms with E-state index in [1.54, 1.807) is 30.4 Å². The van der Waals surface area contributed by atoms with E-state index in [0.717, 1.165) is 27.8 Å². The van der Waals surface area contributed by atoms with Crippen LogP contribution in [-0.4, -0.2) is 28.2 Å². The first-order valence-corrected chi connectivity index (χ1v) is 6.49. The Bertz CT molecular complexity index is 592. The van der Waals surface area contributed by atoms with Crippen LogP contribution in [0.2, 0.25) is 0 Å². The van der Waals surface area contributed by atoms with Gasteiger partial charge in [-0.05, 0) is 47.5 Å². The molecule has 0 radical (unpaired) electrons. The zero-order chi connectivity index (χ0) is 14.0. The van der Waals surface area contributed by atoms with Gasteiger partial charge in [-0.2, -0.15) is 0 Å². The van der Waals surface area contributed by atoms with E-state index < -0.39 is 0 Å². The lowest BCUT2D eigenvalue weighted by Crippen LogP contribution is -2.22. The van der Waals surface area contributed by atoms with E-state index in [2.05, 4.69) is 6.58 Å². The summed E-state index contributed by atoms with van der Waals surface area (Å²) in [4.78, 5) is 24.6. The van der Waals surface area contributed by atoms with E-state index in [4.69, 9.17) is 0 Å². The van der Waals surface area contributed by atoms with Crippen molar-refractivity contribution in [3.05, 3.63) is 46.9 Å². The number of amides is 2. The number of rotatable bonds is 3. The highest BCUT2D eigenvalue weighted by Crippen LogP contribution is 2.31. The van der Waals surface area contributed by atoms with Gasteiger partial charge in [-0.15, -0.1) is 6.58 Å². The normalized spacial score (nSPS) is 17.3. The molecular weight excluding hydrogens is 262 g/mol. The van der Waals surface area contributed by atoms with E-state index in [1.807, 2.05) is 0 Å². The summed E-state index contributed by atoms with van der Waals surface area (Å²) in [5, 5.41) is 9.38. The Morgan fingerprint density at radius 2 is 2.16 bits per heavy atom. The number of benzene rings is 1. The highest BCUT2D eigenvalue weighted by Gasteiger charge is 2.31. The molecule has 0 aromatic heterocycles. The van der Waals surface area contributed by atoms with Crippen LogP contribution in [0.5, 0.6) is 5.75 Å². The summed E-state index contributed by atoms with van der Waals surface area (Å²) < 4.78 is 0. The first-order valence-electron chi connectivity index (χ1n) is 5.67. The van der Waals surface area contributed by atoms with Crippen molar-refractivity contribution in [2.75, 3.05) is 7.05 Å². The molecule has 1 aliphatic heterocycles. The van der Waals surface area contributed by atoms with Crippen molar-refractivity contribution < 1.29 is 14.7 Å². The molecule has 1 heterocycles. The lowest BCUT2D eigenvalue weighted by atomic mass is 10.1. The predicted molar refractivity (Wildman–Crippen MR) is 75.7 cm³/mol. The van der Waals surface area contributed by atoms with Crippen LogP contribution in [-0.2, 0) is 11.2 Å². The number of aromatic hydroxyl groups is 1. The molecule has 1 saturated heterocycles. The molecule has 0 spiro atoms. The van der Waals surface area contributed by atoms with E-state index in [0.29, 0.717) is 11.3 Å². The minimum atomic E-state index is -0.298. The number of phenols is 1. The van der Waals surface area contributed by atoms with Crippen molar-refractivity contribution in [3.63, 3.8) is 0 Å². The summed E-state index contributed by atoms with van der Waals surface area (Å²) in [5.41, 5.74) is 1.51. The molecule has 1 aromatic rings. The standard InChI is InChI=1S/C14H13NO3S/c1-3-4-10-7-9(5-6-11(10)16)8-12-13(17)15(2)14(18)19-12/h3,5-8,16H,1,4H2,2H3/b12-8-. The Labute approximate surface area is 115 Å². The van der Waals surface area contributed by atoms with Gasteiger partial charge in [-0.1, -0.05) is 12.1 Å². The largest absolute Gasteiger partial charge is 0.508 e. The Balaban J connectivity index is 2.33. The molecule has 1 N–H and O–H groups in total. The molecule has 1 aromatic carbocycles. The third-order valence-corrected chi connectivity index (χ3v) is 3.71. The van der Waals surface area contributed by atoms with Crippen LogP contribution in [0.25, 0.3) is 6.08 Å². The van der Waals surface area contributed by atoms with Crippen molar-refractivity contribution >= 4 is 29.0 Å². The average molecular weight is 275 g/mol. The third-order valence-electron chi connectivity index (χ3n) is 2.75. The molecule has 2 amide bonds. The second-order valence-corrected chi connectivity index (χ2v) is 5.11. The minimum Gasteiger partial charge on any atom is -0.508 e. The molecule has 4 nitrogen and oxygen atoms in total. The van der Waals surface area contributed by atoms with Crippen LogP contribution in [0.3, 0.4) is 0 Å². The monoisotopic (exact) mass is 275 g/mol. The Morgan fingerprint density at radius 3 is 2.74 bits per heavy atom. The van der Waals surface area contributed by atoms with Crippen LogP contribution >= 0.6 is 11.8 Å². The highest BCUT2D eigenvalue weighted by atomic mass is 32.2. The maximum absolute atomic E-state index is 11.7. The number of hydrogen-bond donors (Lipinski definition) is 1. The maximum atomic E-state index is 11.7. The number of nitrogens with zero attached hydrogens (tertiary/aromatic N) is 1. The van der Waals surface area contributed by atoms with Gasteiger partial charge in [0.05, 0.1) is 4.91 Å². The van der Waals surface area contributed by atoms with Gasteiger partial charge < -0.3 is 5.11 Å². The van der Waals surface area contributed by atoms with Gasteiger partial charge >= 0.3 is 0 Å². The van der Waals surface area contributed by atoms with Gasteiger partial charge in [0.1, 0.15) is 5.75 Å². The number of imide groups is 1. The number of allylic oxidation sites excluding steroid dienone is 1. The third kappa shape index (κ3) is 2.71. The van der Waals surface area contributed by atoms with Gasteiger partial charge in [-0.3, -0.25) is 14.5 Å². The highest BCUT2D eigenvalue weighted by molar-refractivity contribution is 8.18. The lowest BCUT2D eigenvalue weighted by molar-refractivity contribution is -0.121. The van der Waals surface area contributed by atoms with Crippen LogP contribution < -0.4 is 0 Å². The van der Waals surface area contributed by atoms with E-state index in [9.17, 15) is 14.7 Å². The molecule has 98 valence electrons. The molecule has 0 bridgehead atoms. The molecular formula is C14H13NO3S. The van der Waals surface area contributed by atoms with Crippen molar-refractivity contribution in [2.45, 2.75) is 6.42 Å². The summed E-state index contributed by atoms with van der Waals surface area (Å²) in [7, 11) is 1.46. The van der Waals surface area contributed by atoms with Crippen molar-refractivity contribution in [3.8, 4) is 5.75 Å². The molecule has 0 atom stereocenters. The fourth-order valence-corrected chi connectivity index (χ4v) is 2.54. The second-order valence-electron chi connectivity index (χ2n) is 4.12. The fourth-order valence-electron chi connectivity index (χ4n) is 1.71. The van der Waals surface area contributed by atoms with Crippen molar-refractivity contribution in [1.29, 1.82) is 0 Å². The number of likely N-dealkylation sites (N-methyl/N-ethyl adjacent to an activating group) is 1. The van der Waals surface area contributed by atoms with Crippen LogP contribution in [0.15, 0.2) is 35.8 Å². The van der Waals surface area contributed by atoms with E-state index >= 15 is 0 Å². The molecule has 0 unspecified atom stereocenters. The topological polar surface area (TPSA) is 57.6 Å². The summed E-state index contributed by atoms with van der Waals surface area (Å²) in [6.45, 7) is 3.63. The van der Waals surface area contributed by atoms with Crippen molar-refractivity contribution in [1.82, 2.24) is 4.90 Å². The summed E-state index contributed by atoms with van der Waals surface area (Å²) in [5.74, 6) is -0.103. The van der Waals surface area contributed by atoms with Gasteiger partial charge in [-0.25, -0.2) is 0 Å². The fraction of sp³-hybridized carbons (Fsp3) is 0.143. The van der Waals surface area contributed by atoms with E-state index in [1.165, 1.54) is 7.05 Å². The Hall–Kier alpha value is -2.01. The Kier molecular flexibility index (Phi) is 3.76. The molecule has 1 fully saturated rings. The first kappa shape index (κ1) is 13.4. The first-order chi connectivity index (χ1) is 9.02. The molecule has 1 aliphatic rings. The van der Waals surface area contributed by atoms with Crippen molar-refractivity contribution in [2.24, 2.45) is 0 Å². The average Bonchev–Trinajstić information content (AvgIpc) is 2.62. The minimum absolute atomic E-state index is 0.195. The van der Waals surface area contributed by atoms with Crippen LogP contribution in [0, 0.1) is 0 Å². The molecule has 19 heavy (non-hydrogen) atoms. The lowest BCUT2D eigenvalue weighted by Gasteiger charge is -2.04. The molecule has 0 saturated carbocycles. The zero-order valence-electron chi connectivity index (χ0n) is 10.4. The smallest absolute Gasteiger partial charge is 0.293 e. The van der Waals surface area contributed by atoms with Crippen LogP contribution in [0.1, 0.15) is 11.1 Å². The predicted octanol–water partition coefficient (Wildman–Crippen LogP) is 2.79. The number of thioether (sulfide) groups is 1. The van der Waals surface area contributed by atoms with Gasteiger partial charge in [0.2, 0.25) is 0 Å². The number of carbonyl (C=O) groups is 2.